The van der Waals surface area contributed by atoms with Crippen LogP contribution in [0.2, 0.25) is 0 Å². The molecule has 5 nitrogen and oxygen atoms in total. The average Bonchev–Trinajstić information content (AvgIpc) is 3.20. The second kappa shape index (κ2) is 8.42. The van der Waals surface area contributed by atoms with E-state index in [1.54, 1.807) is 12.1 Å². The standard InChI is InChI=1S/C20H23N3O2/c24-18(17-6-2-1-3-7-17)9-11-20(25)22-15-16-8-10-19(21-14-16)23-12-4-5-13-23/h1-3,6-8,10,14H,4-5,9,11-13,15H2,(H,22,25). The zero-order valence-corrected chi connectivity index (χ0v) is 14.3. The van der Waals surface area contributed by atoms with Crippen molar-refractivity contribution in [1.82, 2.24) is 10.3 Å². The SMILES string of the molecule is O=C(CCC(=O)c1ccccc1)NCc1ccc(N2CCCC2)nc1. The molecule has 0 aliphatic carbocycles. The molecule has 25 heavy (non-hydrogen) atoms. The van der Waals surface area contributed by atoms with Crippen LogP contribution < -0.4 is 10.2 Å². The van der Waals surface area contributed by atoms with E-state index in [4.69, 9.17) is 0 Å². The number of rotatable bonds is 7. The summed E-state index contributed by atoms with van der Waals surface area (Å²) in [6.07, 6.45) is 4.68. The number of benzene rings is 1. The summed E-state index contributed by atoms with van der Waals surface area (Å²) in [6.45, 7) is 2.57. The number of ketones is 1. The van der Waals surface area contributed by atoms with E-state index in [1.807, 2.05) is 36.5 Å². The lowest BCUT2D eigenvalue weighted by atomic mass is 10.1. The van der Waals surface area contributed by atoms with E-state index in [9.17, 15) is 9.59 Å². The van der Waals surface area contributed by atoms with Gasteiger partial charge in [0.1, 0.15) is 5.82 Å². The van der Waals surface area contributed by atoms with Crippen LogP contribution in [0.3, 0.4) is 0 Å². The van der Waals surface area contributed by atoms with E-state index in [2.05, 4.69) is 15.2 Å². The molecule has 0 spiro atoms. The van der Waals surface area contributed by atoms with Gasteiger partial charge < -0.3 is 10.2 Å². The molecule has 130 valence electrons. The molecule has 3 rings (SSSR count). The van der Waals surface area contributed by atoms with Crippen molar-refractivity contribution in [3.63, 3.8) is 0 Å². The van der Waals surface area contributed by atoms with Crippen molar-refractivity contribution in [3.05, 3.63) is 59.8 Å². The maximum absolute atomic E-state index is 12.0. The topological polar surface area (TPSA) is 62.3 Å². The lowest BCUT2D eigenvalue weighted by Crippen LogP contribution is -2.23. The van der Waals surface area contributed by atoms with Gasteiger partial charge in [-0.25, -0.2) is 4.98 Å². The van der Waals surface area contributed by atoms with E-state index in [1.165, 1.54) is 12.8 Å². The van der Waals surface area contributed by atoms with E-state index in [0.29, 0.717) is 12.1 Å². The summed E-state index contributed by atoms with van der Waals surface area (Å²) in [5.41, 5.74) is 1.61. The predicted molar refractivity (Wildman–Crippen MR) is 97.5 cm³/mol. The van der Waals surface area contributed by atoms with Gasteiger partial charge in [-0.3, -0.25) is 9.59 Å². The van der Waals surface area contributed by atoms with Crippen LogP contribution in [-0.4, -0.2) is 29.8 Å². The summed E-state index contributed by atoms with van der Waals surface area (Å²) < 4.78 is 0. The number of nitrogens with one attached hydrogen (secondary N) is 1. The van der Waals surface area contributed by atoms with E-state index in [-0.39, 0.29) is 24.5 Å². The molecule has 1 aliphatic rings. The number of hydrogen-bond acceptors (Lipinski definition) is 4. The highest BCUT2D eigenvalue weighted by atomic mass is 16.2. The third kappa shape index (κ3) is 4.89. The first-order valence-electron chi connectivity index (χ1n) is 8.77. The highest BCUT2D eigenvalue weighted by Crippen LogP contribution is 2.17. The maximum atomic E-state index is 12.0. The molecule has 0 unspecified atom stereocenters. The third-order valence-electron chi connectivity index (χ3n) is 4.40. The van der Waals surface area contributed by atoms with Crippen molar-refractivity contribution in [2.45, 2.75) is 32.2 Å². The number of nitrogens with zero attached hydrogens (tertiary/aromatic N) is 2. The van der Waals surface area contributed by atoms with Crippen LogP contribution in [0.1, 0.15) is 41.6 Å². The van der Waals surface area contributed by atoms with E-state index >= 15 is 0 Å². The molecule has 0 bridgehead atoms. The average molecular weight is 337 g/mol. The second-order valence-electron chi connectivity index (χ2n) is 6.28. The largest absolute Gasteiger partial charge is 0.357 e. The van der Waals surface area contributed by atoms with Gasteiger partial charge in [0.25, 0.3) is 0 Å². The van der Waals surface area contributed by atoms with Crippen LogP contribution in [-0.2, 0) is 11.3 Å². The van der Waals surface area contributed by atoms with Gasteiger partial charge in [-0.15, -0.1) is 0 Å². The van der Waals surface area contributed by atoms with Gasteiger partial charge in [0.15, 0.2) is 5.78 Å². The first-order valence-corrected chi connectivity index (χ1v) is 8.77. The molecule has 0 atom stereocenters. The molecule has 1 saturated heterocycles. The van der Waals surface area contributed by atoms with Crippen molar-refractivity contribution in [1.29, 1.82) is 0 Å². The van der Waals surface area contributed by atoms with Crippen LogP contribution in [0.25, 0.3) is 0 Å². The molecular weight excluding hydrogens is 314 g/mol. The van der Waals surface area contributed by atoms with Crippen molar-refractivity contribution in [3.8, 4) is 0 Å². The number of carbonyl (C=O) groups excluding carboxylic acids is 2. The van der Waals surface area contributed by atoms with Crippen molar-refractivity contribution in [2.24, 2.45) is 0 Å². The van der Waals surface area contributed by atoms with Crippen LogP contribution in [0.15, 0.2) is 48.7 Å². The number of anilines is 1. The summed E-state index contributed by atoms with van der Waals surface area (Å²) >= 11 is 0. The summed E-state index contributed by atoms with van der Waals surface area (Å²) in [7, 11) is 0. The van der Waals surface area contributed by atoms with Gasteiger partial charge in [0.05, 0.1) is 0 Å². The summed E-state index contributed by atoms with van der Waals surface area (Å²) in [6, 6.07) is 13.1. The molecular formula is C20H23N3O2. The number of Topliss-reactive ketones (excluding diaryl/α,β-unsaturated/α-hetero) is 1. The normalized spacial score (nSPS) is 13.7. The Morgan fingerprint density at radius 1 is 1.00 bits per heavy atom. The fourth-order valence-electron chi connectivity index (χ4n) is 2.94. The minimum atomic E-state index is -0.118. The molecule has 1 aliphatic heterocycles. The van der Waals surface area contributed by atoms with Gasteiger partial charge in [-0.05, 0) is 24.5 Å². The minimum absolute atomic E-state index is 0.00705. The van der Waals surface area contributed by atoms with Crippen LogP contribution >= 0.6 is 0 Å². The zero-order valence-electron chi connectivity index (χ0n) is 14.3. The Bertz CT molecular complexity index is 707. The van der Waals surface area contributed by atoms with Gasteiger partial charge >= 0.3 is 0 Å². The molecule has 1 fully saturated rings. The van der Waals surface area contributed by atoms with Crippen LogP contribution in [0.5, 0.6) is 0 Å². The van der Waals surface area contributed by atoms with Gasteiger partial charge in [-0.2, -0.15) is 0 Å². The molecule has 1 aromatic heterocycles. The quantitative estimate of drug-likeness (QED) is 0.789. The third-order valence-corrected chi connectivity index (χ3v) is 4.40. The lowest BCUT2D eigenvalue weighted by molar-refractivity contribution is -0.121. The second-order valence-corrected chi connectivity index (χ2v) is 6.28. The Morgan fingerprint density at radius 2 is 1.76 bits per heavy atom. The molecule has 1 amide bonds. The Morgan fingerprint density at radius 3 is 2.44 bits per heavy atom. The van der Waals surface area contributed by atoms with Crippen molar-refractivity contribution < 1.29 is 9.59 Å². The number of carbonyl (C=O) groups is 2. The number of amides is 1. The molecule has 1 aromatic carbocycles. The molecule has 2 aromatic rings. The highest BCUT2D eigenvalue weighted by Gasteiger charge is 2.13. The first kappa shape index (κ1) is 17.1. The monoisotopic (exact) mass is 337 g/mol. The molecule has 1 N–H and O–H groups in total. The fourth-order valence-corrected chi connectivity index (χ4v) is 2.94. The van der Waals surface area contributed by atoms with E-state index in [0.717, 1.165) is 24.5 Å². The maximum Gasteiger partial charge on any atom is 0.220 e. The van der Waals surface area contributed by atoms with Crippen LogP contribution in [0, 0.1) is 0 Å². The Labute approximate surface area is 148 Å². The van der Waals surface area contributed by atoms with Gasteiger partial charge in [-0.1, -0.05) is 36.4 Å². The van der Waals surface area contributed by atoms with Crippen LogP contribution in [0.4, 0.5) is 5.82 Å². The van der Waals surface area contributed by atoms with E-state index < -0.39 is 0 Å². The molecule has 2 heterocycles. The minimum Gasteiger partial charge on any atom is -0.357 e. The first-order chi connectivity index (χ1) is 12.2. The Kier molecular flexibility index (Phi) is 5.77. The fraction of sp³-hybridized carbons (Fsp3) is 0.350. The van der Waals surface area contributed by atoms with Crippen molar-refractivity contribution in [2.75, 3.05) is 18.0 Å². The smallest absolute Gasteiger partial charge is 0.220 e. The van der Waals surface area contributed by atoms with Gasteiger partial charge in [0, 0.05) is 44.2 Å². The lowest BCUT2D eigenvalue weighted by Gasteiger charge is -2.16. The summed E-state index contributed by atoms with van der Waals surface area (Å²) in [5, 5.41) is 2.85. The predicted octanol–water partition coefficient (Wildman–Crippen LogP) is 2.96. The highest BCUT2D eigenvalue weighted by molar-refractivity contribution is 5.97. The number of aromatic nitrogens is 1. The Hall–Kier alpha value is -2.69. The van der Waals surface area contributed by atoms with Gasteiger partial charge in [0.2, 0.25) is 5.91 Å². The summed E-state index contributed by atoms with van der Waals surface area (Å²) in [4.78, 5) is 30.7. The zero-order chi connectivity index (χ0) is 17.5. The summed E-state index contributed by atoms with van der Waals surface area (Å²) in [5.74, 6) is 0.876. The molecule has 0 saturated carbocycles. The number of pyridine rings is 1. The molecule has 0 radical (unpaired) electrons. The van der Waals surface area contributed by atoms with Crippen molar-refractivity contribution >= 4 is 17.5 Å². The Balaban J connectivity index is 1.42. The molecule has 5 heteroatoms. The number of hydrogen-bond donors (Lipinski definition) is 1.